The number of fused-ring (bicyclic) bond motifs is 1. The molecule has 1 atom stereocenters. The molecule has 3 aromatic rings. The van der Waals surface area contributed by atoms with E-state index in [2.05, 4.69) is 20.3 Å². The minimum atomic E-state index is -0.199. The lowest BCUT2D eigenvalue weighted by molar-refractivity contribution is 0.0727. The molecule has 1 saturated heterocycles. The van der Waals surface area contributed by atoms with Gasteiger partial charge in [0, 0.05) is 24.4 Å². The van der Waals surface area contributed by atoms with Gasteiger partial charge in [0.15, 0.2) is 5.65 Å². The smallest absolute Gasteiger partial charge is 0.273 e. The first-order valence-corrected chi connectivity index (χ1v) is 8.01. The standard InChI is InChI=1S/C15H15ClN6O2/c1-8-5-13(23)22-12(18-8)6-10(20-22)11-3-2-4-21(11)15(24)14-9(16)7-17-19-14/h5-7,11,20H,2-4H2,1H3,(H,17,19)/t11-/m1/s1. The van der Waals surface area contributed by atoms with Crippen LogP contribution in [0.3, 0.4) is 0 Å². The molecule has 8 nitrogen and oxygen atoms in total. The molecule has 1 aliphatic heterocycles. The molecule has 0 aromatic carbocycles. The van der Waals surface area contributed by atoms with Gasteiger partial charge in [0.2, 0.25) is 0 Å². The Labute approximate surface area is 141 Å². The van der Waals surface area contributed by atoms with Gasteiger partial charge in [-0.2, -0.15) is 5.10 Å². The van der Waals surface area contributed by atoms with E-state index >= 15 is 0 Å². The molecule has 9 heteroatoms. The van der Waals surface area contributed by atoms with Crippen molar-refractivity contribution in [1.82, 2.24) is 29.7 Å². The minimum absolute atomic E-state index is 0.154. The molecule has 1 fully saturated rings. The third kappa shape index (κ3) is 2.30. The quantitative estimate of drug-likeness (QED) is 0.737. The molecule has 0 saturated carbocycles. The zero-order valence-electron chi connectivity index (χ0n) is 12.9. The Morgan fingerprint density at radius 3 is 3.00 bits per heavy atom. The topological polar surface area (TPSA) is 99.2 Å². The molecule has 1 aliphatic rings. The molecule has 0 unspecified atom stereocenters. The SMILES string of the molecule is Cc1cc(=O)n2[nH]c([C@H]3CCCN3C(=O)c3[nH]ncc3Cl)cc2n1. The summed E-state index contributed by atoms with van der Waals surface area (Å²) in [6.45, 7) is 2.40. The number of amides is 1. The van der Waals surface area contributed by atoms with Crippen molar-refractivity contribution < 1.29 is 4.79 Å². The number of nitrogens with one attached hydrogen (secondary N) is 2. The summed E-state index contributed by atoms with van der Waals surface area (Å²) in [5.74, 6) is -0.199. The lowest BCUT2D eigenvalue weighted by atomic mass is 10.1. The Morgan fingerprint density at radius 2 is 2.25 bits per heavy atom. The van der Waals surface area contributed by atoms with E-state index in [4.69, 9.17) is 11.6 Å². The second-order valence-electron chi connectivity index (χ2n) is 5.89. The fourth-order valence-electron chi connectivity index (χ4n) is 3.20. The minimum Gasteiger partial charge on any atom is -0.329 e. The highest BCUT2D eigenvalue weighted by atomic mass is 35.5. The fourth-order valence-corrected chi connectivity index (χ4v) is 3.37. The lowest BCUT2D eigenvalue weighted by Gasteiger charge is -2.23. The van der Waals surface area contributed by atoms with Crippen LogP contribution >= 0.6 is 11.6 Å². The number of nitrogens with zero attached hydrogens (tertiary/aromatic N) is 4. The number of rotatable bonds is 2. The summed E-state index contributed by atoms with van der Waals surface area (Å²) in [5.41, 5.74) is 2.11. The first-order chi connectivity index (χ1) is 11.5. The third-order valence-electron chi connectivity index (χ3n) is 4.28. The van der Waals surface area contributed by atoms with Crippen molar-refractivity contribution in [2.45, 2.75) is 25.8 Å². The van der Waals surface area contributed by atoms with Gasteiger partial charge in [-0.1, -0.05) is 11.6 Å². The number of aromatic nitrogens is 5. The monoisotopic (exact) mass is 346 g/mol. The van der Waals surface area contributed by atoms with E-state index in [9.17, 15) is 9.59 Å². The van der Waals surface area contributed by atoms with Crippen molar-refractivity contribution in [3.63, 3.8) is 0 Å². The number of likely N-dealkylation sites (tertiary alicyclic amines) is 1. The Kier molecular flexibility index (Phi) is 3.42. The summed E-state index contributed by atoms with van der Waals surface area (Å²) >= 11 is 6.00. The molecule has 4 heterocycles. The number of H-pyrrole nitrogens is 2. The van der Waals surface area contributed by atoms with Crippen molar-refractivity contribution in [1.29, 1.82) is 0 Å². The van der Waals surface area contributed by atoms with E-state index in [0.29, 0.717) is 22.9 Å². The number of carbonyl (C=O) groups is 1. The van der Waals surface area contributed by atoms with Crippen molar-refractivity contribution in [2.75, 3.05) is 6.54 Å². The van der Waals surface area contributed by atoms with Crippen LogP contribution in [0.2, 0.25) is 5.02 Å². The van der Waals surface area contributed by atoms with Crippen LogP contribution in [0.4, 0.5) is 0 Å². The van der Waals surface area contributed by atoms with Crippen LogP contribution in [0, 0.1) is 6.92 Å². The lowest BCUT2D eigenvalue weighted by Crippen LogP contribution is -2.31. The molecule has 0 radical (unpaired) electrons. The summed E-state index contributed by atoms with van der Waals surface area (Å²) in [6, 6.07) is 3.13. The predicted molar refractivity (Wildman–Crippen MR) is 87.2 cm³/mol. The molecule has 4 rings (SSSR count). The van der Waals surface area contributed by atoms with E-state index in [0.717, 1.165) is 18.5 Å². The predicted octanol–water partition coefficient (Wildman–Crippen LogP) is 1.68. The molecule has 1 amide bonds. The van der Waals surface area contributed by atoms with Crippen LogP contribution in [0.1, 0.15) is 40.8 Å². The normalized spacial score (nSPS) is 17.8. The maximum atomic E-state index is 12.7. The molecule has 0 bridgehead atoms. The number of aryl methyl sites for hydroxylation is 1. The van der Waals surface area contributed by atoms with Gasteiger partial charge in [0.1, 0.15) is 5.69 Å². The third-order valence-corrected chi connectivity index (χ3v) is 4.56. The Hall–Kier alpha value is -2.61. The van der Waals surface area contributed by atoms with Gasteiger partial charge in [-0.25, -0.2) is 9.50 Å². The highest BCUT2D eigenvalue weighted by Gasteiger charge is 2.33. The molecule has 2 N–H and O–H groups in total. The zero-order valence-corrected chi connectivity index (χ0v) is 13.7. The molecule has 24 heavy (non-hydrogen) atoms. The highest BCUT2D eigenvalue weighted by Crippen LogP contribution is 2.33. The van der Waals surface area contributed by atoms with Crippen molar-refractivity contribution in [3.8, 4) is 0 Å². The summed E-state index contributed by atoms with van der Waals surface area (Å²) in [5, 5.41) is 9.82. The van der Waals surface area contributed by atoms with E-state index in [1.807, 2.05) is 6.07 Å². The van der Waals surface area contributed by atoms with Crippen molar-refractivity contribution in [3.05, 3.63) is 50.8 Å². The van der Waals surface area contributed by atoms with Gasteiger partial charge in [-0.05, 0) is 19.8 Å². The van der Waals surface area contributed by atoms with Crippen LogP contribution in [-0.2, 0) is 0 Å². The van der Waals surface area contributed by atoms with Crippen LogP contribution in [-0.4, -0.2) is 42.1 Å². The van der Waals surface area contributed by atoms with Crippen LogP contribution in [0.5, 0.6) is 0 Å². The molecule has 3 aromatic heterocycles. The summed E-state index contributed by atoms with van der Waals surface area (Å²) < 4.78 is 1.40. The number of carbonyl (C=O) groups excluding carboxylic acids is 1. The Morgan fingerprint density at radius 1 is 1.42 bits per heavy atom. The van der Waals surface area contributed by atoms with E-state index < -0.39 is 0 Å². The van der Waals surface area contributed by atoms with Crippen LogP contribution in [0.15, 0.2) is 23.1 Å². The molecule has 0 aliphatic carbocycles. The first kappa shape index (κ1) is 14.9. The number of hydrogen-bond acceptors (Lipinski definition) is 4. The van der Waals surface area contributed by atoms with E-state index in [1.165, 1.54) is 16.8 Å². The second kappa shape index (κ2) is 5.48. The van der Waals surface area contributed by atoms with Crippen LogP contribution in [0.25, 0.3) is 5.65 Å². The van der Waals surface area contributed by atoms with Crippen molar-refractivity contribution >= 4 is 23.2 Å². The van der Waals surface area contributed by atoms with Crippen LogP contribution < -0.4 is 5.56 Å². The van der Waals surface area contributed by atoms with Gasteiger partial charge in [0.05, 0.1) is 23.0 Å². The van der Waals surface area contributed by atoms with Gasteiger partial charge >= 0.3 is 0 Å². The zero-order chi connectivity index (χ0) is 16.8. The number of halogens is 1. The molecule has 124 valence electrons. The van der Waals surface area contributed by atoms with Crippen molar-refractivity contribution in [2.24, 2.45) is 0 Å². The Bertz CT molecular complexity index is 987. The maximum Gasteiger partial charge on any atom is 0.273 e. The Balaban J connectivity index is 1.73. The van der Waals surface area contributed by atoms with Gasteiger partial charge in [0.25, 0.3) is 11.5 Å². The second-order valence-corrected chi connectivity index (χ2v) is 6.30. The summed E-state index contributed by atoms with van der Waals surface area (Å²) in [7, 11) is 0. The summed E-state index contributed by atoms with van der Waals surface area (Å²) in [6.07, 6.45) is 3.09. The highest BCUT2D eigenvalue weighted by molar-refractivity contribution is 6.33. The average Bonchev–Trinajstić information content (AvgIpc) is 3.23. The number of hydrogen-bond donors (Lipinski definition) is 2. The molecule has 0 spiro atoms. The summed E-state index contributed by atoms with van der Waals surface area (Å²) in [4.78, 5) is 30.9. The fraction of sp³-hybridized carbons (Fsp3) is 0.333. The first-order valence-electron chi connectivity index (χ1n) is 7.64. The largest absolute Gasteiger partial charge is 0.329 e. The van der Waals surface area contributed by atoms with Gasteiger partial charge < -0.3 is 4.90 Å². The van der Waals surface area contributed by atoms with E-state index in [-0.39, 0.29) is 23.2 Å². The maximum absolute atomic E-state index is 12.7. The average molecular weight is 347 g/mol. The molecular formula is C15H15ClN6O2. The van der Waals surface area contributed by atoms with Gasteiger partial charge in [-0.15, -0.1) is 0 Å². The van der Waals surface area contributed by atoms with Gasteiger partial charge in [-0.3, -0.25) is 19.8 Å². The molecular weight excluding hydrogens is 332 g/mol. The van der Waals surface area contributed by atoms with E-state index in [1.54, 1.807) is 11.8 Å². The number of aromatic amines is 2.